The Morgan fingerprint density at radius 2 is 1.72 bits per heavy atom. The van der Waals surface area contributed by atoms with Gasteiger partial charge in [0, 0.05) is 38.3 Å². The number of nitrogens with zero attached hydrogens (tertiary/aromatic N) is 4. The third-order valence-electron chi connectivity index (χ3n) is 6.51. The number of carbonyl (C=O) groups excluding carboxylic acids is 2. The van der Waals surface area contributed by atoms with Gasteiger partial charge in [-0.2, -0.15) is 9.78 Å². The highest BCUT2D eigenvalue weighted by Crippen LogP contribution is 2.39. The second-order valence-corrected chi connectivity index (χ2v) is 8.72. The molecule has 154 valence electrons. The summed E-state index contributed by atoms with van der Waals surface area (Å²) >= 11 is 0. The molecule has 1 aromatic carbocycles. The first kappa shape index (κ1) is 19.8. The fourth-order valence-electron chi connectivity index (χ4n) is 5.07. The number of aromatic nitrogens is 2. The first-order valence-electron chi connectivity index (χ1n) is 10.5. The lowest BCUT2D eigenvalue weighted by molar-refractivity contribution is 0.0584. The van der Waals surface area contributed by atoms with Crippen molar-refractivity contribution in [1.82, 2.24) is 19.6 Å². The molecule has 2 fully saturated rings. The molecule has 1 aromatic heterocycles. The number of hydrogen-bond donors (Lipinski definition) is 0. The van der Waals surface area contributed by atoms with Gasteiger partial charge in [0.1, 0.15) is 5.69 Å². The van der Waals surface area contributed by atoms with E-state index in [0.717, 1.165) is 39.0 Å². The van der Waals surface area contributed by atoms with Gasteiger partial charge in [0.2, 0.25) is 0 Å². The molecule has 0 bridgehead atoms. The number of ketones is 1. The lowest BCUT2D eigenvalue weighted by atomic mass is 9.84. The Morgan fingerprint density at radius 1 is 1.03 bits per heavy atom. The topological polar surface area (TPSA) is 58.4 Å². The third-order valence-corrected chi connectivity index (χ3v) is 6.51. The lowest BCUT2D eigenvalue weighted by Gasteiger charge is -2.45. The van der Waals surface area contributed by atoms with Crippen LogP contribution in [0.5, 0.6) is 0 Å². The smallest absolute Gasteiger partial charge is 0.323 e. The minimum atomic E-state index is -0.133. The van der Waals surface area contributed by atoms with E-state index in [9.17, 15) is 9.59 Å². The SMILES string of the molecule is CC(=O)c1ccn(C(=O)N2CCC3(CCCN3Cc3cc(C)cc(C)c3)CC2)n1. The molecule has 0 radical (unpaired) electrons. The van der Waals surface area contributed by atoms with E-state index in [0.29, 0.717) is 5.69 Å². The van der Waals surface area contributed by atoms with E-state index in [1.807, 2.05) is 4.90 Å². The Bertz CT molecular complexity index is 904. The van der Waals surface area contributed by atoms with Crippen LogP contribution in [0, 0.1) is 13.8 Å². The second kappa shape index (κ2) is 7.75. The monoisotopic (exact) mass is 394 g/mol. The molecule has 2 saturated heterocycles. The van der Waals surface area contributed by atoms with Crippen LogP contribution in [0.3, 0.4) is 0 Å². The number of likely N-dealkylation sites (tertiary alicyclic amines) is 2. The van der Waals surface area contributed by atoms with Crippen LogP contribution in [0.2, 0.25) is 0 Å². The number of hydrogen-bond acceptors (Lipinski definition) is 4. The fourth-order valence-corrected chi connectivity index (χ4v) is 5.07. The molecule has 2 aliphatic heterocycles. The van der Waals surface area contributed by atoms with Crippen molar-refractivity contribution < 1.29 is 9.59 Å². The van der Waals surface area contributed by atoms with Crippen LogP contribution in [0.4, 0.5) is 4.79 Å². The molecular weight excluding hydrogens is 364 g/mol. The number of piperidine rings is 1. The Kier molecular flexibility index (Phi) is 5.30. The van der Waals surface area contributed by atoms with Crippen molar-refractivity contribution in [2.75, 3.05) is 19.6 Å². The van der Waals surface area contributed by atoms with Crippen LogP contribution in [-0.2, 0) is 6.54 Å². The number of aryl methyl sites for hydroxylation is 2. The Balaban J connectivity index is 1.42. The lowest BCUT2D eigenvalue weighted by Crippen LogP contribution is -2.53. The van der Waals surface area contributed by atoms with Gasteiger partial charge in [0.05, 0.1) is 0 Å². The van der Waals surface area contributed by atoms with Crippen LogP contribution >= 0.6 is 0 Å². The number of Topliss-reactive ketones (excluding diaryl/α,β-unsaturated/α-hetero) is 1. The molecule has 3 heterocycles. The zero-order chi connectivity index (χ0) is 20.6. The molecule has 1 amide bonds. The molecule has 2 aliphatic rings. The number of carbonyl (C=O) groups is 2. The van der Waals surface area contributed by atoms with Gasteiger partial charge in [0.15, 0.2) is 5.78 Å². The largest absolute Gasteiger partial charge is 0.344 e. The van der Waals surface area contributed by atoms with Gasteiger partial charge >= 0.3 is 6.03 Å². The van der Waals surface area contributed by atoms with Crippen molar-refractivity contribution in [3.8, 4) is 0 Å². The molecule has 0 N–H and O–H groups in total. The van der Waals surface area contributed by atoms with Crippen LogP contribution in [0.15, 0.2) is 30.5 Å². The van der Waals surface area contributed by atoms with Crippen molar-refractivity contribution in [3.05, 3.63) is 52.8 Å². The van der Waals surface area contributed by atoms with Crippen LogP contribution < -0.4 is 0 Å². The van der Waals surface area contributed by atoms with Gasteiger partial charge in [0.25, 0.3) is 0 Å². The van der Waals surface area contributed by atoms with Crippen LogP contribution in [-0.4, -0.2) is 56.6 Å². The molecule has 6 heteroatoms. The summed E-state index contributed by atoms with van der Waals surface area (Å²) in [5.74, 6) is -0.123. The molecule has 6 nitrogen and oxygen atoms in total. The quantitative estimate of drug-likeness (QED) is 0.743. The zero-order valence-electron chi connectivity index (χ0n) is 17.6. The van der Waals surface area contributed by atoms with Gasteiger partial charge < -0.3 is 4.90 Å². The fraction of sp³-hybridized carbons (Fsp3) is 0.522. The van der Waals surface area contributed by atoms with Crippen molar-refractivity contribution in [3.63, 3.8) is 0 Å². The van der Waals surface area contributed by atoms with Crippen LogP contribution in [0.25, 0.3) is 0 Å². The van der Waals surface area contributed by atoms with E-state index in [2.05, 4.69) is 42.0 Å². The summed E-state index contributed by atoms with van der Waals surface area (Å²) in [6.07, 6.45) is 6.00. The normalized spacial score (nSPS) is 19.1. The minimum absolute atomic E-state index is 0.123. The Hall–Kier alpha value is -2.47. The van der Waals surface area contributed by atoms with Gasteiger partial charge in [-0.3, -0.25) is 9.69 Å². The van der Waals surface area contributed by atoms with Crippen molar-refractivity contribution in [2.24, 2.45) is 0 Å². The highest BCUT2D eigenvalue weighted by Gasteiger charge is 2.43. The summed E-state index contributed by atoms with van der Waals surface area (Å²) in [6, 6.07) is 8.28. The Labute approximate surface area is 172 Å². The van der Waals surface area contributed by atoms with Gasteiger partial charge in [-0.05, 0) is 57.7 Å². The second-order valence-electron chi connectivity index (χ2n) is 8.72. The van der Waals surface area contributed by atoms with Crippen LogP contribution in [0.1, 0.15) is 59.8 Å². The summed E-state index contributed by atoms with van der Waals surface area (Å²) in [4.78, 5) is 28.8. The van der Waals surface area contributed by atoms with E-state index in [1.165, 1.54) is 41.1 Å². The molecule has 0 aliphatic carbocycles. The maximum Gasteiger partial charge on any atom is 0.344 e. The predicted octanol–water partition coefficient (Wildman–Crippen LogP) is 3.80. The summed E-state index contributed by atoms with van der Waals surface area (Å²) in [6.45, 7) is 9.36. The number of amides is 1. The highest BCUT2D eigenvalue weighted by molar-refractivity contribution is 5.92. The first-order valence-corrected chi connectivity index (χ1v) is 10.5. The number of benzene rings is 1. The van der Waals surface area contributed by atoms with Crippen molar-refractivity contribution in [2.45, 2.75) is 58.5 Å². The average molecular weight is 395 g/mol. The molecule has 29 heavy (non-hydrogen) atoms. The summed E-state index contributed by atoms with van der Waals surface area (Å²) in [5, 5.41) is 4.13. The van der Waals surface area contributed by atoms with Crippen molar-refractivity contribution >= 4 is 11.8 Å². The first-order chi connectivity index (χ1) is 13.9. The molecule has 0 atom stereocenters. The maximum absolute atomic E-state index is 12.8. The zero-order valence-corrected chi connectivity index (χ0v) is 17.6. The summed E-state index contributed by atoms with van der Waals surface area (Å²) in [7, 11) is 0. The predicted molar refractivity (Wildman–Crippen MR) is 112 cm³/mol. The molecule has 0 saturated carbocycles. The van der Waals surface area contributed by atoms with E-state index < -0.39 is 0 Å². The molecule has 1 spiro atoms. The van der Waals surface area contributed by atoms with Gasteiger partial charge in [-0.1, -0.05) is 29.3 Å². The minimum Gasteiger partial charge on any atom is -0.323 e. The highest BCUT2D eigenvalue weighted by atomic mass is 16.2. The Morgan fingerprint density at radius 3 is 2.34 bits per heavy atom. The third kappa shape index (κ3) is 3.99. The summed E-state index contributed by atoms with van der Waals surface area (Å²) in [5.41, 5.74) is 4.55. The van der Waals surface area contributed by atoms with E-state index in [1.54, 1.807) is 12.3 Å². The maximum atomic E-state index is 12.8. The number of rotatable bonds is 3. The van der Waals surface area contributed by atoms with E-state index >= 15 is 0 Å². The molecular formula is C23H30N4O2. The molecule has 0 unspecified atom stereocenters. The molecule has 2 aromatic rings. The van der Waals surface area contributed by atoms with Gasteiger partial charge in [-0.15, -0.1) is 0 Å². The molecule has 4 rings (SSSR count). The van der Waals surface area contributed by atoms with Crippen molar-refractivity contribution in [1.29, 1.82) is 0 Å². The van der Waals surface area contributed by atoms with E-state index in [-0.39, 0.29) is 17.4 Å². The van der Waals surface area contributed by atoms with E-state index in [4.69, 9.17) is 0 Å². The summed E-state index contributed by atoms with van der Waals surface area (Å²) < 4.78 is 1.30. The van der Waals surface area contributed by atoms with Gasteiger partial charge in [-0.25, -0.2) is 4.79 Å². The standard InChI is InChI=1S/C23H30N4O2/c1-17-13-18(2)15-20(14-17)16-26-9-4-6-23(26)7-11-25(12-8-23)22(29)27-10-5-21(24-27)19(3)28/h5,10,13-15H,4,6-9,11-12,16H2,1-3H3. The average Bonchev–Trinajstić information content (AvgIpc) is 3.30.